The van der Waals surface area contributed by atoms with Gasteiger partial charge in [-0.1, -0.05) is 11.6 Å². The molecule has 0 aliphatic rings. The van der Waals surface area contributed by atoms with Crippen LogP contribution in [-0.2, 0) is 0 Å². The van der Waals surface area contributed by atoms with Crippen LogP contribution >= 0.6 is 24.0 Å². The molecule has 0 atom stereocenters. The minimum Gasteiger partial charge on any atom is -0.496 e. The molecule has 5 nitrogen and oxygen atoms in total. The first-order chi connectivity index (χ1) is 11.1. The van der Waals surface area contributed by atoms with E-state index >= 15 is 0 Å². The third-order valence-corrected chi connectivity index (χ3v) is 4.09. The van der Waals surface area contributed by atoms with Crippen LogP contribution in [0.5, 0.6) is 5.75 Å². The van der Waals surface area contributed by atoms with Gasteiger partial charge in [-0.2, -0.15) is 5.26 Å². The molecule has 0 heterocycles. The van der Waals surface area contributed by atoms with Crippen LogP contribution in [0.3, 0.4) is 0 Å². The van der Waals surface area contributed by atoms with Gasteiger partial charge in [0.1, 0.15) is 11.8 Å². The molecule has 25 heavy (non-hydrogen) atoms. The molecule has 0 fully saturated rings. The molecule has 0 spiro atoms. The third-order valence-electron chi connectivity index (χ3n) is 3.78. The van der Waals surface area contributed by atoms with Crippen molar-refractivity contribution in [2.45, 2.75) is 46.2 Å². The number of ether oxygens (including phenoxy) is 1. The molecule has 0 saturated carbocycles. The van der Waals surface area contributed by atoms with Crippen LogP contribution in [0, 0.1) is 11.3 Å². The highest BCUT2D eigenvalue weighted by Gasteiger charge is 2.24. The van der Waals surface area contributed by atoms with E-state index in [-0.39, 0.29) is 34.4 Å². The van der Waals surface area contributed by atoms with Crippen molar-refractivity contribution < 1.29 is 9.53 Å². The molecule has 1 aromatic rings. The summed E-state index contributed by atoms with van der Waals surface area (Å²) in [6.45, 7) is 11.9. The number of carbonyl (C=O) groups is 1. The van der Waals surface area contributed by atoms with Crippen molar-refractivity contribution in [2.24, 2.45) is 0 Å². The Bertz CT molecular complexity index is 634. The summed E-state index contributed by atoms with van der Waals surface area (Å²) in [6.07, 6.45) is 0. The quantitative estimate of drug-likeness (QED) is 0.803. The smallest absolute Gasteiger partial charge is 0.255 e. The summed E-state index contributed by atoms with van der Waals surface area (Å²) in [7, 11) is 1.47. The maximum atomic E-state index is 12.4. The first-order valence-corrected chi connectivity index (χ1v) is 8.32. The summed E-state index contributed by atoms with van der Waals surface area (Å²) < 4.78 is 5.20. The zero-order valence-corrected chi connectivity index (χ0v) is 17.2. The van der Waals surface area contributed by atoms with Crippen molar-refractivity contribution in [1.82, 2.24) is 10.2 Å². The Labute approximate surface area is 161 Å². The van der Waals surface area contributed by atoms with Gasteiger partial charge in [0.2, 0.25) is 0 Å². The number of nitrogens with one attached hydrogen (secondary N) is 1. The molecule has 0 radical (unpaired) electrons. The zero-order valence-electron chi connectivity index (χ0n) is 15.6. The van der Waals surface area contributed by atoms with Crippen molar-refractivity contribution in [3.63, 3.8) is 0 Å². The molecular formula is C18H27Cl2N3O2. The highest BCUT2D eigenvalue weighted by molar-refractivity contribution is 6.32. The number of benzene rings is 1. The minimum absolute atomic E-state index is 0. The third kappa shape index (κ3) is 6.39. The van der Waals surface area contributed by atoms with Gasteiger partial charge in [-0.3, -0.25) is 9.69 Å². The number of halogens is 2. The summed E-state index contributed by atoms with van der Waals surface area (Å²) in [4.78, 5) is 14.8. The van der Waals surface area contributed by atoms with E-state index in [2.05, 4.69) is 44.8 Å². The van der Waals surface area contributed by atoms with Gasteiger partial charge in [-0.05, 0) is 40.7 Å². The maximum Gasteiger partial charge on any atom is 0.255 e. The topological polar surface area (TPSA) is 65.4 Å². The lowest BCUT2D eigenvalue weighted by Crippen LogP contribution is -2.49. The first kappa shape index (κ1) is 23.5. The normalized spacial score (nSPS) is 11.0. The van der Waals surface area contributed by atoms with Crippen molar-refractivity contribution >= 4 is 29.9 Å². The molecule has 1 N–H and O–H groups in total. The fourth-order valence-electron chi connectivity index (χ4n) is 2.74. The molecule has 7 heteroatoms. The Kier molecular flexibility index (Phi) is 9.28. The van der Waals surface area contributed by atoms with Crippen LogP contribution in [0.4, 0.5) is 0 Å². The highest BCUT2D eigenvalue weighted by atomic mass is 35.5. The van der Waals surface area contributed by atoms with Crippen LogP contribution in [0.2, 0.25) is 5.02 Å². The number of carbonyl (C=O) groups excluding carboxylic acids is 1. The van der Waals surface area contributed by atoms with Crippen LogP contribution < -0.4 is 10.1 Å². The lowest BCUT2D eigenvalue weighted by atomic mass is 10.0. The fraction of sp³-hybridized carbons (Fsp3) is 0.556. The van der Waals surface area contributed by atoms with E-state index in [9.17, 15) is 4.79 Å². The Hall–Kier alpha value is -1.48. The Morgan fingerprint density at radius 1 is 1.40 bits per heavy atom. The Morgan fingerprint density at radius 2 is 2.00 bits per heavy atom. The first-order valence-electron chi connectivity index (χ1n) is 7.94. The van der Waals surface area contributed by atoms with E-state index < -0.39 is 0 Å². The Morgan fingerprint density at radius 3 is 2.44 bits per heavy atom. The molecule has 1 amide bonds. The Balaban J connectivity index is 0.00000576. The largest absolute Gasteiger partial charge is 0.496 e. The molecular weight excluding hydrogens is 361 g/mol. The molecule has 1 aromatic carbocycles. The number of methoxy groups -OCH3 is 1. The van der Waals surface area contributed by atoms with E-state index in [1.165, 1.54) is 19.2 Å². The van der Waals surface area contributed by atoms with Gasteiger partial charge in [0.05, 0.1) is 23.3 Å². The van der Waals surface area contributed by atoms with Gasteiger partial charge in [-0.15, -0.1) is 12.4 Å². The summed E-state index contributed by atoms with van der Waals surface area (Å²) in [5, 5.41) is 12.2. The van der Waals surface area contributed by atoms with Gasteiger partial charge < -0.3 is 10.1 Å². The monoisotopic (exact) mass is 387 g/mol. The van der Waals surface area contributed by atoms with Crippen LogP contribution in [-0.4, -0.2) is 42.6 Å². The summed E-state index contributed by atoms with van der Waals surface area (Å²) in [5.74, 6) is 0.0747. The SMILES string of the molecule is COc1cc(Cl)c(C#N)cc1C(=O)NCCN(C(C)C)C(C)(C)C.Cl. The number of amides is 1. The molecule has 0 unspecified atom stereocenters. The maximum absolute atomic E-state index is 12.4. The van der Waals surface area contributed by atoms with E-state index in [4.69, 9.17) is 21.6 Å². The van der Waals surface area contributed by atoms with Gasteiger partial charge in [0, 0.05) is 30.7 Å². The predicted molar refractivity (Wildman–Crippen MR) is 104 cm³/mol. The zero-order chi connectivity index (χ0) is 18.5. The van der Waals surface area contributed by atoms with E-state index in [1.54, 1.807) is 0 Å². The number of nitriles is 1. The van der Waals surface area contributed by atoms with E-state index in [0.717, 1.165) is 6.54 Å². The number of hydrogen-bond acceptors (Lipinski definition) is 4. The van der Waals surface area contributed by atoms with Gasteiger partial charge in [-0.25, -0.2) is 0 Å². The number of rotatable bonds is 6. The van der Waals surface area contributed by atoms with Crippen molar-refractivity contribution in [1.29, 1.82) is 5.26 Å². The van der Waals surface area contributed by atoms with E-state index in [1.807, 2.05) is 6.07 Å². The lowest BCUT2D eigenvalue weighted by molar-refractivity contribution is 0.0868. The second-order valence-electron chi connectivity index (χ2n) is 6.86. The highest BCUT2D eigenvalue weighted by Crippen LogP contribution is 2.26. The second-order valence-corrected chi connectivity index (χ2v) is 7.27. The number of hydrogen-bond donors (Lipinski definition) is 1. The molecule has 1 rings (SSSR count). The van der Waals surface area contributed by atoms with Crippen molar-refractivity contribution in [3.05, 3.63) is 28.3 Å². The second kappa shape index (κ2) is 9.86. The van der Waals surface area contributed by atoms with Crippen LogP contribution in [0.15, 0.2) is 12.1 Å². The van der Waals surface area contributed by atoms with E-state index in [0.29, 0.717) is 23.9 Å². The average Bonchev–Trinajstić information content (AvgIpc) is 2.49. The minimum atomic E-state index is -0.280. The summed E-state index contributed by atoms with van der Waals surface area (Å²) in [5.41, 5.74) is 0.580. The van der Waals surface area contributed by atoms with Crippen molar-refractivity contribution in [3.8, 4) is 11.8 Å². The predicted octanol–water partition coefficient (Wildman–Crippen LogP) is 3.88. The van der Waals surface area contributed by atoms with Crippen LogP contribution in [0.25, 0.3) is 0 Å². The molecule has 0 aromatic heterocycles. The molecule has 0 bridgehead atoms. The average molecular weight is 388 g/mol. The van der Waals surface area contributed by atoms with Crippen molar-refractivity contribution in [2.75, 3.05) is 20.2 Å². The number of nitrogens with zero attached hydrogens (tertiary/aromatic N) is 2. The molecule has 140 valence electrons. The van der Waals surface area contributed by atoms with Crippen LogP contribution in [0.1, 0.15) is 50.5 Å². The van der Waals surface area contributed by atoms with Gasteiger partial charge >= 0.3 is 0 Å². The molecule has 0 aliphatic heterocycles. The van der Waals surface area contributed by atoms with Gasteiger partial charge in [0.15, 0.2) is 0 Å². The fourth-order valence-corrected chi connectivity index (χ4v) is 2.94. The van der Waals surface area contributed by atoms with Gasteiger partial charge in [0.25, 0.3) is 5.91 Å². The molecule has 0 aliphatic carbocycles. The summed E-state index contributed by atoms with van der Waals surface area (Å²) in [6, 6.07) is 5.30. The lowest BCUT2D eigenvalue weighted by Gasteiger charge is -2.39. The standard InChI is InChI=1S/C18H26ClN3O2.ClH/c1-12(2)22(18(3,4)5)8-7-21-17(23)14-9-13(11-20)15(19)10-16(14)24-6;/h9-10,12H,7-8H2,1-6H3,(H,21,23);1H. The summed E-state index contributed by atoms with van der Waals surface area (Å²) >= 11 is 5.97. The molecule has 0 saturated heterocycles.